The van der Waals surface area contributed by atoms with E-state index in [2.05, 4.69) is 10.6 Å². The van der Waals surface area contributed by atoms with Gasteiger partial charge in [0.25, 0.3) is 0 Å². The number of carbonyl (C=O) groups is 2. The number of carboxylic acid groups (broad SMARTS) is 1. The highest BCUT2D eigenvalue weighted by atomic mass is 16.4. The standard InChI is InChI=1S/C11H16N2O4/c14-10(15)5-1-2-6-12-11(16)13-8-9-4-3-7-17-9/h3-4,7H,1-2,5-6,8H2,(H,14,15)(H2,12,13,16). The molecule has 3 N–H and O–H groups in total. The van der Waals surface area contributed by atoms with Crippen LogP contribution < -0.4 is 10.6 Å². The van der Waals surface area contributed by atoms with Crippen molar-refractivity contribution in [3.8, 4) is 0 Å². The highest BCUT2D eigenvalue weighted by Gasteiger charge is 2.01. The lowest BCUT2D eigenvalue weighted by Crippen LogP contribution is -2.35. The highest BCUT2D eigenvalue weighted by Crippen LogP contribution is 1.98. The van der Waals surface area contributed by atoms with E-state index in [9.17, 15) is 9.59 Å². The molecule has 1 heterocycles. The third-order valence-corrected chi connectivity index (χ3v) is 2.11. The number of carboxylic acids is 1. The van der Waals surface area contributed by atoms with E-state index in [0.29, 0.717) is 31.7 Å². The fraction of sp³-hybridized carbons (Fsp3) is 0.455. The number of aliphatic carboxylic acids is 1. The monoisotopic (exact) mass is 240 g/mol. The molecule has 0 spiro atoms. The van der Waals surface area contributed by atoms with Gasteiger partial charge in [-0.05, 0) is 25.0 Å². The summed E-state index contributed by atoms with van der Waals surface area (Å²) >= 11 is 0. The molecule has 6 heteroatoms. The first kappa shape index (κ1) is 13.1. The van der Waals surface area contributed by atoms with Crippen molar-refractivity contribution in [1.29, 1.82) is 0 Å². The second kappa shape index (κ2) is 7.32. The molecular weight excluding hydrogens is 224 g/mol. The van der Waals surface area contributed by atoms with Crippen LogP contribution in [0.3, 0.4) is 0 Å². The van der Waals surface area contributed by atoms with Crippen molar-refractivity contribution in [3.63, 3.8) is 0 Å². The SMILES string of the molecule is O=C(O)CCCCNC(=O)NCc1ccco1. The summed E-state index contributed by atoms with van der Waals surface area (Å²) in [6.07, 6.45) is 2.89. The summed E-state index contributed by atoms with van der Waals surface area (Å²) in [4.78, 5) is 21.5. The van der Waals surface area contributed by atoms with Crippen molar-refractivity contribution in [2.24, 2.45) is 0 Å². The molecule has 0 saturated heterocycles. The zero-order valence-corrected chi connectivity index (χ0v) is 9.44. The molecule has 1 aromatic rings. The molecule has 17 heavy (non-hydrogen) atoms. The minimum Gasteiger partial charge on any atom is -0.481 e. The molecule has 0 aromatic carbocycles. The first-order valence-electron chi connectivity index (χ1n) is 5.44. The van der Waals surface area contributed by atoms with E-state index in [0.717, 1.165) is 0 Å². The van der Waals surface area contributed by atoms with Crippen LogP contribution in [0.4, 0.5) is 4.79 Å². The first-order valence-corrected chi connectivity index (χ1v) is 5.44. The molecule has 94 valence electrons. The van der Waals surface area contributed by atoms with E-state index >= 15 is 0 Å². The Bertz CT molecular complexity index is 348. The van der Waals surface area contributed by atoms with Gasteiger partial charge in [0.2, 0.25) is 0 Å². The van der Waals surface area contributed by atoms with Gasteiger partial charge < -0.3 is 20.2 Å². The number of amides is 2. The maximum Gasteiger partial charge on any atom is 0.315 e. The van der Waals surface area contributed by atoms with Crippen LogP contribution in [0.15, 0.2) is 22.8 Å². The van der Waals surface area contributed by atoms with Crippen LogP contribution in [0.1, 0.15) is 25.0 Å². The van der Waals surface area contributed by atoms with Crippen LogP contribution in [0.5, 0.6) is 0 Å². The lowest BCUT2D eigenvalue weighted by Gasteiger charge is -2.05. The molecule has 0 aliphatic rings. The Kier molecular flexibility index (Phi) is 5.63. The Morgan fingerprint density at radius 2 is 2.12 bits per heavy atom. The van der Waals surface area contributed by atoms with Crippen molar-refractivity contribution in [2.45, 2.75) is 25.8 Å². The average molecular weight is 240 g/mol. The van der Waals surface area contributed by atoms with Crippen LogP contribution in [-0.4, -0.2) is 23.7 Å². The van der Waals surface area contributed by atoms with Gasteiger partial charge in [0, 0.05) is 13.0 Å². The Balaban J connectivity index is 2.00. The molecule has 0 aliphatic carbocycles. The molecule has 1 rings (SSSR count). The van der Waals surface area contributed by atoms with E-state index in [4.69, 9.17) is 9.52 Å². The van der Waals surface area contributed by atoms with Gasteiger partial charge in [-0.25, -0.2) is 4.79 Å². The number of rotatable bonds is 7. The molecule has 0 saturated carbocycles. The van der Waals surface area contributed by atoms with E-state index in [1.165, 1.54) is 0 Å². The van der Waals surface area contributed by atoms with Crippen molar-refractivity contribution in [2.75, 3.05) is 6.54 Å². The Hall–Kier alpha value is -1.98. The van der Waals surface area contributed by atoms with Crippen molar-refractivity contribution in [1.82, 2.24) is 10.6 Å². The Morgan fingerprint density at radius 3 is 2.76 bits per heavy atom. The molecule has 0 atom stereocenters. The molecule has 1 aromatic heterocycles. The number of furan rings is 1. The second-order valence-corrected chi connectivity index (χ2v) is 3.54. The smallest absolute Gasteiger partial charge is 0.315 e. The molecule has 0 aliphatic heterocycles. The van der Waals surface area contributed by atoms with Crippen molar-refractivity contribution < 1.29 is 19.1 Å². The quantitative estimate of drug-likeness (QED) is 0.627. The highest BCUT2D eigenvalue weighted by molar-refractivity contribution is 5.73. The predicted octanol–water partition coefficient (Wildman–Crippen LogP) is 1.33. The summed E-state index contributed by atoms with van der Waals surface area (Å²) in [5.74, 6) is -0.127. The number of carbonyl (C=O) groups excluding carboxylic acids is 1. The fourth-order valence-corrected chi connectivity index (χ4v) is 1.25. The third-order valence-electron chi connectivity index (χ3n) is 2.11. The van der Waals surface area contributed by atoms with E-state index in [1.54, 1.807) is 18.4 Å². The zero-order valence-electron chi connectivity index (χ0n) is 9.44. The molecule has 0 unspecified atom stereocenters. The minimum atomic E-state index is -0.813. The van der Waals surface area contributed by atoms with Crippen LogP contribution in [0, 0.1) is 0 Å². The molecule has 6 nitrogen and oxygen atoms in total. The summed E-state index contributed by atoms with van der Waals surface area (Å²) < 4.78 is 5.05. The Morgan fingerprint density at radius 1 is 1.29 bits per heavy atom. The summed E-state index contributed by atoms with van der Waals surface area (Å²) in [5, 5.41) is 13.7. The van der Waals surface area contributed by atoms with Crippen LogP contribution >= 0.6 is 0 Å². The van der Waals surface area contributed by atoms with Gasteiger partial charge in [0.1, 0.15) is 5.76 Å². The Labute approximate surface area is 99.0 Å². The lowest BCUT2D eigenvalue weighted by atomic mass is 10.2. The molecule has 2 amide bonds. The van der Waals surface area contributed by atoms with Crippen molar-refractivity contribution in [3.05, 3.63) is 24.2 Å². The number of hydrogen-bond donors (Lipinski definition) is 3. The number of unbranched alkanes of at least 4 members (excludes halogenated alkanes) is 1. The van der Waals surface area contributed by atoms with Crippen LogP contribution in [0.25, 0.3) is 0 Å². The number of hydrogen-bond acceptors (Lipinski definition) is 3. The van der Waals surface area contributed by atoms with Gasteiger partial charge in [-0.3, -0.25) is 4.79 Å². The molecule has 0 fully saturated rings. The zero-order chi connectivity index (χ0) is 12.5. The predicted molar refractivity (Wildman–Crippen MR) is 60.4 cm³/mol. The van der Waals surface area contributed by atoms with Gasteiger partial charge >= 0.3 is 12.0 Å². The second-order valence-electron chi connectivity index (χ2n) is 3.54. The van der Waals surface area contributed by atoms with Gasteiger partial charge in [0.05, 0.1) is 12.8 Å². The summed E-state index contributed by atoms with van der Waals surface area (Å²) in [6.45, 7) is 0.811. The van der Waals surface area contributed by atoms with Gasteiger partial charge in [-0.15, -0.1) is 0 Å². The van der Waals surface area contributed by atoms with E-state index < -0.39 is 5.97 Å². The molecule has 0 radical (unpaired) electrons. The van der Waals surface area contributed by atoms with E-state index in [-0.39, 0.29) is 12.5 Å². The largest absolute Gasteiger partial charge is 0.481 e. The fourth-order valence-electron chi connectivity index (χ4n) is 1.25. The average Bonchev–Trinajstić information content (AvgIpc) is 2.78. The number of nitrogens with one attached hydrogen (secondary N) is 2. The minimum absolute atomic E-state index is 0.135. The van der Waals surface area contributed by atoms with E-state index in [1.807, 2.05) is 0 Å². The van der Waals surface area contributed by atoms with Gasteiger partial charge in [0.15, 0.2) is 0 Å². The summed E-state index contributed by atoms with van der Waals surface area (Å²) in [7, 11) is 0. The van der Waals surface area contributed by atoms with Gasteiger partial charge in [-0.2, -0.15) is 0 Å². The van der Waals surface area contributed by atoms with Crippen LogP contribution in [0.2, 0.25) is 0 Å². The summed E-state index contributed by atoms with van der Waals surface area (Å²) in [6, 6.07) is 3.24. The van der Waals surface area contributed by atoms with Crippen molar-refractivity contribution >= 4 is 12.0 Å². The summed E-state index contributed by atoms with van der Waals surface area (Å²) in [5.41, 5.74) is 0. The topological polar surface area (TPSA) is 91.6 Å². The van der Waals surface area contributed by atoms with Gasteiger partial charge in [-0.1, -0.05) is 0 Å². The maximum absolute atomic E-state index is 11.3. The first-order chi connectivity index (χ1) is 8.18. The lowest BCUT2D eigenvalue weighted by molar-refractivity contribution is -0.137. The maximum atomic E-state index is 11.3. The third kappa shape index (κ3) is 6.24. The molecule has 0 bridgehead atoms. The number of urea groups is 1. The van der Waals surface area contributed by atoms with Crippen LogP contribution in [-0.2, 0) is 11.3 Å². The molecular formula is C11H16N2O4. The normalized spacial score (nSPS) is 9.88.